The molecule has 0 radical (unpaired) electrons. The van der Waals surface area contributed by atoms with Crippen molar-refractivity contribution in [2.45, 2.75) is 31.3 Å². The lowest BCUT2D eigenvalue weighted by Gasteiger charge is -2.24. The van der Waals surface area contributed by atoms with E-state index in [1.54, 1.807) is 0 Å². The van der Waals surface area contributed by atoms with Crippen molar-refractivity contribution in [3.05, 3.63) is 32.5 Å². The van der Waals surface area contributed by atoms with Crippen LogP contribution in [0.3, 0.4) is 0 Å². The number of ether oxygens (including phenoxy) is 1. The van der Waals surface area contributed by atoms with Gasteiger partial charge >= 0.3 is 0 Å². The maximum atomic E-state index is 15.2. The lowest BCUT2D eigenvalue weighted by molar-refractivity contribution is 0.414. The van der Waals surface area contributed by atoms with Gasteiger partial charge in [0.2, 0.25) is 5.43 Å². The number of anilines is 1. The molecule has 2 N–H and O–H groups in total. The molecule has 3 aromatic rings. The molecule has 1 atom stereocenters. The molecular weight excluding hydrogens is 419 g/mol. The summed E-state index contributed by atoms with van der Waals surface area (Å²) in [5, 5.41) is 3.54. The normalized spacial score (nSPS) is 19.1. The predicted octanol–water partition coefficient (Wildman–Crippen LogP) is 2.61. The Morgan fingerprint density at radius 3 is 2.69 bits per heavy atom. The number of nitrogens with one attached hydrogen (secondary N) is 2. The molecule has 1 aliphatic heterocycles. The molecule has 2 aliphatic rings. The third-order valence-corrected chi connectivity index (χ3v) is 6.71. The lowest BCUT2D eigenvalue weighted by atomic mass is 10.1. The number of aromatic amines is 1. The van der Waals surface area contributed by atoms with Gasteiger partial charge in [0.15, 0.2) is 11.6 Å². The Morgan fingerprint density at radius 2 is 2.07 bits per heavy atom. The summed E-state index contributed by atoms with van der Waals surface area (Å²) in [6.07, 6.45) is 2.83. The van der Waals surface area contributed by atoms with Crippen LogP contribution in [0.5, 0.6) is 5.75 Å². The van der Waals surface area contributed by atoms with Crippen LogP contribution < -0.4 is 25.9 Å². The van der Waals surface area contributed by atoms with Gasteiger partial charge in [-0.1, -0.05) is 0 Å². The second kappa shape index (κ2) is 7.30. The van der Waals surface area contributed by atoms with E-state index in [0.717, 1.165) is 30.8 Å². The number of halogens is 2. The lowest BCUT2D eigenvalue weighted by Crippen LogP contribution is -2.30. The van der Waals surface area contributed by atoms with Crippen LogP contribution >= 0.6 is 23.9 Å². The van der Waals surface area contributed by atoms with E-state index in [0.29, 0.717) is 34.9 Å². The Balaban J connectivity index is 0.00000205. The summed E-state index contributed by atoms with van der Waals surface area (Å²) < 4.78 is 25.6. The van der Waals surface area contributed by atoms with Gasteiger partial charge in [-0.05, 0) is 43.9 Å². The highest BCUT2D eigenvalue weighted by molar-refractivity contribution is 7.12. The summed E-state index contributed by atoms with van der Waals surface area (Å²) in [6, 6.07) is 1.74. The van der Waals surface area contributed by atoms with Crippen molar-refractivity contribution >= 4 is 50.7 Å². The van der Waals surface area contributed by atoms with Gasteiger partial charge in [-0.15, -0.1) is 12.4 Å². The van der Waals surface area contributed by atoms with Gasteiger partial charge in [0, 0.05) is 25.2 Å². The zero-order valence-corrected chi connectivity index (χ0v) is 17.7. The predicted molar refractivity (Wildman–Crippen MR) is 116 cm³/mol. The summed E-state index contributed by atoms with van der Waals surface area (Å²) in [7, 11) is 3.41. The third kappa shape index (κ3) is 2.94. The molecule has 0 amide bonds. The van der Waals surface area contributed by atoms with E-state index >= 15 is 4.39 Å². The molecule has 5 rings (SSSR count). The molecule has 2 aromatic heterocycles. The van der Waals surface area contributed by atoms with Gasteiger partial charge in [-0.3, -0.25) is 14.0 Å². The minimum absolute atomic E-state index is 0. The maximum Gasteiger partial charge on any atom is 0.271 e. The van der Waals surface area contributed by atoms with Crippen molar-refractivity contribution in [1.29, 1.82) is 0 Å². The fourth-order valence-corrected chi connectivity index (χ4v) is 5.20. The Kier molecular flexibility index (Phi) is 5.08. The second-order valence-corrected chi connectivity index (χ2v) is 8.30. The van der Waals surface area contributed by atoms with Gasteiger partial charge in [0.25, 0.3) is 5.56 Å². The molecule has 1 aromatic carbocycles. The van der Waals surface area contributed by atoms with Crippen LogP contribution in [-0.2, 0) is 0 Å². The highest BCUT2D eigenvalue weighted by atomic mass is 35.5. The maximum absolute atomic E-state index is 15.2. The molecule has 10 heteroatoms. The molecule has 2 fully saturated rings. The summed E-state index contributed by atoms with van der Waals surface area (Å²) >= 11 is 1.16. The summed E-state index contributed by atoms with van der Waals surface area (Å²) in [6.45, 7) is 1.38. The highest BCUT2D eigenvalue weighted by Crippen LogP contribution is 2.45. The van der Waals surface area contributed by atoms with Crippen LogP contribution in [-0.4, -0.2) is 42.2 Å². The van der Waals surface area contributed by atoms with Crippen LogP contribution in [0, 0.1) is 5.82 Å². The van der Waals surface area contributed by atoms with E-state index in [1.165, 1.54) is 13.2 Å². The molecule has 1 aliphatic carbocycles. The first kappa shape index (κ1) is 20.2. The number of nitrogens with zero attached hydrogens (tertiary/aromatic N) is 2. The van der Waals surface area contributed by atoms with Gasteiger partial charge in [-0.2, -0.15) is 0 Å². The first-order valence-electron chi connectivity index (χ1n) is 9.43. The topological polar surface area (TPSA) is 79.4 Å². The molecule has 3 heterocycles. The Morgan fingerprint density at radius 1 is 1.31 bits per heavy atom. The van der Waals surface area contributed by atoms with Gasteiger partial charge < -0.3 is 19.5 Å². The number of hydrogen-bond donors (Lipinski definition) is 2. The van der Waals surface area contributed by atoms with E-state index in [-0.39, 0.29) is 35.3 Å². The van der Waals surface area contributed by atoms with Crippen molar-refractivity contribution in [3.63, 3.8) is 0 Å². The molecule has 156 valence electrons. The van der Waals surface area contributed by atoms with Crippen molar-refractivity contribution < 1.29 is 9.13 Å². The molecule has 1 saturated carbocycles. The van der Waals surface area contributed by atoms with E-state index in [4.69, 9.17) is 4.74 Å². The largest absolute Gasteiger partial charge is 0.492 e. The second-order valence-electron chi connectivity index (χ2n) is 7.50. The van der Waals surface area contributed by atoms with E-state index in [2.05, 4.69) is 9.69 Å². The average Bonchev–Trinajstić information content (AvgIpc) is 3.28. The van der Waals surface area contributed by atoms with Crippen molar-refractivity contribution in [2.24, 2.45) is 0 Å². The van der Waals surface area contributed by atoms with Crippen LogP contribution in [0.15, 0.2) is 15.7 Å². The quantitative estimate of drug-likeness (QED) is 0.652. The number of pyridine rings is 1. The first-order chi connectivity index (χ1) is 13.5. The number of H-pyrrole nitrogens is 1. The van der Waals surface area contributed by atoms with Crippen LogP contribution in [0.25, 0.3) is 21.1 Å². The van der Waals surface area contributed by atoms with Crippen molar-refractivity contribution in [1.82, 2.24) is 14.3 Å². The van der Waals surface area contributed by atoms with Crippen LogP contribution in [0.1, 0.15) is 25.3 Å². The van der Waals surface area contributed by atoms with Gasteiger partial charge in [-0.25, -0.2) is 4.39 Å². The van der Waals surface area contributed by atoms with Gasteiger partial charge in [0.05, 0.1) is 18.0 Å². The fraction of sp³-hybridized carbons (Fsp3) is 0.474. The first-order valence-corrected chi connectivity index (χ1v) is 10.2. The minimum atomic E-state index is -0.494. The SMILES string of the molecule is CN[C@@H]1CCN(c2c(F)cc3c(=O)c4c(=O)[nH]sc4n(C4CC4)c3c2OC)C1.Cl. The number of fused-ring (bicyclic) bond motifs is 2. The standard InChI is InChI=1S/C19H21FN4O3S.ClH/c1-21-9-5-6-23(8-9)15-12(20)7-11-14(17(15)27-2)24(10-3-4-10)19-13(16(11)25)18(26)22-28-19;/h7,9-10,21H,3-6,8H2,1-2H3,(H,22,26);1H/t9-;/m1./s1. The third-order valence-electron chi connectivity index (χ3n) is 5.82. The highest BCUT2D eigenvalue weighted by Gasteiger charge is 2.34. The molecule has 0 bridgehead atoms. The van der Waals surface area contributed by atoms with Crippen LogP contribution in [0.2, 0.25) is 0 Å². The number of methoxy groups -OCH3 is 1. The molecular formula is C19H22ClFN4O3S. The van der Waals surface area contributed by atoms with E-state index in [9.17, 15) is 9.59 Å². The van der Waals surface area contributed by atoms with Crippen molar-refractivity contribution in [2.75, 3.05) is 32.1 Å². The zero-order chi connectivity index (χ0) is 19.6. The molecule has 0 spiro atoms. The molecule has 0 unspecified atom stereocenters. The smallest absolute Gasteiger partial charge is 0.271 e. The molecule has 1 saturated heterocycles. The summed E-state index contributed by atoms with van der Waals surface area (Å²) in [5.74, 6) is -0.120. The summed E-state index contributed by atoms with van der Waals surface area (Å²) in [5.41, 5.74) is 0.120. The molecule has 29 heavy (non-hydrogen) atoms. The Bertz CT molecular complexity index is 1220. The number of likely N-dealkylation sites (N-methyl/N-ethyl adjacent to an activating group) is 1. The minimum Gasteiger partial charge on any atom is -0.492 e. The number of hydrogen-bond acceptors (Lipinski definition) is 6. The molecule has 7 nitrogen and oxygen atoms in total. The van der Waals surface area contributed by atoms with Crippen molar-refractivity contribution in [3.8, 4) is 5.75 Å². The zero-order valence-electron chi connectivity index (χ0n) is 16.1. The monoisotopic (exact) mass is 440 g/mol. The Labute approximate surface area is 176 Å². The average molecular weight is 441 g/mol. The number of rotatable bonds is 4. The number of aromatic nitrogens is 2. The van der Waals surface area contributed by atoms with Gasteiger partial charge in [0.1, 0.15) is 15.9 Å². The van der Waals surface area contributed by atoms with E-state index < -0.39 is 16.8 Å². The number of benzene rings is 1. The Hall–Kier alpha value is -2.10. The van der Waals surface area contributed by atoms with Crippen LogP contribution in [0.4, 0.5) is 10.1 Å². The fourth-order valence-electron chi connectivity index (χ4n) is 4.29. The summed E-state index contributed by atoms with van der Waals surface area (Å²) in [4.78, 5) is 27.8. The van der Waals surface area contributed by atoms with E-state index in [1.807, 2.05) is 16.5 Å².